The third kappa shape index (κ3) is 2.15. The van der Waals surface area contributed by atoms with Gasteiger partial charge in [-0.1, -0.05) is 6.92 Å². The first-order valence-electron chi connectivity index (χ1n) is 3.53. The Morgan fingerprint density at radius 3 is 2.80 bits per heavy atom. The van der Waals surface area contributed by atoms with Crippen LogP contribution >= 0.6 is 0 Å². The van der Waals surface area contributed by atoms with Crippen molar-refractivity contribution in [1.82, 2.24) is 10.3 Å². The predicted octanol–water partition coefficient (Wildman–Crippen LogP) is 1.44. The number of nitrogens with one attached hydrogen (secondary N) is 1. The number of hydrogen-bond acceptors (Lipinski definition) is 2. The molecule has 10 heavy (non-hydrogen) atoms. The lowest BCUT2D eigenvalue weighted by Crippen LogP contribution is -2.11. The highest BCUT2D eigenvalue weighted by atomic mass is 14.8. The molecule has 0 saturated carbocycles. The lowest BCUT2D eigenvalue weighted by atomic mass is 10.3. The summed E-state index contributed by atoms with van der Waals surface area (Å²) >= 11 is 0. The Labute approximate surface area is 62.8 Å². The topological polar surface area (TPSA) is 24.9 Å². The van der Waals surface area contributed by atoms with Crippen molar-refractivity contribution in [2.75, 3.05) is 6.54 Å². The molecule has 0 aliphatic rings. The summed E-state index contributed by atoms with van der Waals surface area (Å²) in [5.74, 6) is 0. The van der Waals surface area contributed by atoms with Gasteiger partial charge in [0, 0.05) is 20.4 Å². The Kier molecular flexibility index (Phi) is 2.90. The predicted molar refractivity (Wildman–Crippen MR) is 43.7 cm³/mol. The van der Waals surface area contributed by atoms with Crippen LogP contribution in [0, 0.1) is 0 Å². The molecule has 0 aliphatic heterocycles. The maximum atomic E-state index is 3.93. The van der Waals surface area contributed by atoms with Crippen LogP contribution < -0.4 is 5.32 Å². The van der Waals surface area contributed by atoms with Crippen LogP contribution in [0.1, 0.15) is 13.9 Å². The summed E-state index contributed by atoms with van der Waals surface area (Å²) in [6.07, 6.45) is 3.62. The van der Waals surface area contributed by atoms with Gasteiger partial charge >= 0.3 is 0 Å². The Hall–Kier alpha value is -0.890. The van der Waals surface area contributed by atoms with E-state index in [4.69, 9.17) is 0 Å². The highest BCUT2D eigenvalue weighted by Crippen LogP contribution is 1.93. The van der Waals surface area contributed by atoms with Crippen LogP contribution in [-0.4, -0.2) is 11.5 Å². The monoisotopic (exact) mass is 138 g/mol. The van der Waals surface area contributed by atoms with E-state index in [1.54, 1.807) is 0 Å². The van der Waals surface area contributed by atoms with Gasteiger partial charge in [0.1, 0.15) is 0 Å². The average molecular weight is 138 g/mol. The molecule has 0 atom stereocenters. The normalized spacial score (nSPS) is 9.70. The first-order chi connectivity index (χ1) is 4.93. The van der Waals surface area contributed by atoms with E-state index in [-0.39, 0.29) is 1.43 Å². The van der Waals surface area contributed by atoms with E-state index < -0.39 is 0 Å². The molecule has 0 radical (unpaired) electrons. The number of hydrogen-bond donors (Lipinski definition) is 1. The SMILES string of the molecule is CCNCc1ccncc1.[HH]. The van der Waals surface area contributed by atoms with Crippen molar-refractivity contribution in [2.45, 2.75) is 13.5 Å². The summed E-state index contributed by atoms with van der Waals surface area (Å²) in [5, 5.41) is 3.24. The van der Waals surface area contributed by atoms with Crippen molar-refractivity contribution in [3.63, 3.8) is 0 Å². The average Bonchev–Trinajstić information content (AvgIpc) is 2.03. The number of nitrogens with zero attached hydrogens (tertiary/aromatic N) is 1. The highest BCUT2D eigenvalue weighted by molar-refractivity contribution is 5.08. The first-order valence-corrected chi connectivity index (χ1v) is 3.53. The summed E-state index contributed by atoms with van der Waals surface area (Å²) in [4.78, 5) is 3.93. The van der Waals surface area contributed by atoms with E-state index in [9.17, 15) is 0 Å². The molecule has 1 heterocycles. The van der Waals surface area contributed by atoms with Gasteiger partial charge in [-0.05, 0) is 24.2 Å². The molecule has 0 saturated heterocycles. The van der Waals surface area contributed by atoms with Crippen molar-refractivity contribution in [3.05, 3.63) is 30.1 Å². The molecule has 0 aromatic carbocycles. The molecule has 0 aliphatic carbocycles. The largest absolute Gasteiger partial charge is 0.313 e. The van der Waals surface area contributed by atoms with Gasteiger partial charge in [0.15, 0.2) is 0 Å². The van der Waals surface area contributed by atoms with Crippen molar-refractivity contribution in [3.8, 4) is 0 Å². The summed E-state index contributed by atoms with van der Waals surface area (Å²) in [5.41, 5.74) is 1.29. The molecule has 0 bridgehead atoms. The summed E-state index contributed by atoms with van der Waals surface area (Å²) in [6.45, 7) is 4.06. The molecule has 0 amide bonds. The molecule has 0 spiro atoms. The zero-order chi connectivity index (χ0) is 7.23. The molecule has 1 N–H and O–H groups in total. The number of rotatable bonds is 3. The van der Waals surface area contributed by atoms with Gasteiger partial charge in [-0.15, -0.1) is 0 Å². The fourth-order valence-electron chi connectivity index (χ4n) is 0.770. The molecular formula is C8H14N2. The fourth-order valence-corrected chi connectivity index (χ4v) is 0.770. The highest BCUT2D eigenvalue weighted by Gasteiger charge is 1.86. The van der Waals surface area contributed by atoms with E-state index in [1.165, 1.54) is 5.56 Å². The van der Waals surface area contributed by atoms with E-state index in [0.29, 0.717) is 0 Å². The molecule has 2 nitrogen and oxygen atoms in total. The molecule has 1 aromatic heterocycles. The Morgan fingerprint density at radius 2 is 2.20 bits per heavy atom. The molecule has 2 heteroatoms. The van der Waals surface area contributed by atoms with Crippen LogP contribution in [0.3, 0.4) is 0 Å². The standard InChI is InChI=1S/C8H12N2.H2/c1-2-9-7-8-3-5-10-6-4-8;/h3-6,9H,2,7H2,1H3;1H. The number of pyridine rings is 1. The summed E-state index contributed by atoms with van der Waals surface area (Å²) < 4.78 is 0. The maximum absolute atomic E-state index is 3.93. The second-order valence-corrected chi connectivity index (χ2v) is 2.14. The maximum Gasteiger partial charge on any atom is 0.0271 e. The summed E-state index contributed by atoms with van der Waals surface area (Å²) in [6, 6.07) is 4.03. The molecule has 1 aromatic rings. The molecule has 56 valence electrons. The lowest BCUT2D eigenvalue weighted by molar-refractivity contribution is 0.726. The van der Waals surface area contributed by atoms with Crippen molar-refractivity contribution in [2.24, 2.45) is 0 Å². The van der Waals surface area contributed by atoms with Crippen molar-refractivity contribution < 1.29 is 1.43 Å². The molecule has 0 fully saturated rings. The van der Waals surface area contributed by atoms with Crippen LogP contribution in [0.5, 0.6) is 0 Å². The Bertz CT molecular complexity index is 177. The molecule has 1 rings (SSSR count). The quantitative estimate of drug-likeness (QED) is 0.683. The zero-order valence-corrected chi connectivity index (χ0v) is 6.17. The van der Waals surface area contributed by atoms with E-state index >= 15 is 0 Å². The Morgan fingerprint density at radius 1 is 1.50 bits per heavy atom. The fraction of sp³-hybridized carbons (Fsp3) is 0.375. The molecular weight excluding hydrogens is 124 g/mol. The van der Waals surface area contributed by atoms with Crippen molar-refractivity contribution >= 4 is 0 Å². The van der Waals surface area contributed by atoms with Crippen LogP contribution in [0.2, 0.25) is 0 Å². The lowest BCUT2D eigenvalue weighted by Gasteiger charge is -1.98. The third-order valence-corrected chi connectivity index (χ3v) is 1.33. The van der Waals surface area contributed by atoms with Crippen LogP contribution in [0.25, 0.3) is 0 Å². The first kappa shape index (κ1) is 7.22. The van der Waals surface area contributed by atoms with E-state index in [1.807, 2.05) is 24.5 Å². The van der Waals surface area contributed by atoms with Gasteiger partial charge in [-0.3, -0.25) is 4.98 Å². The summed E-state index contributed by atoms with van der Waals surface area (Å²) in [7, 11) is 0. The minimum absolute atomic E-state index is 0. The smallest absolute Gasteiger partial charge is 0.0271 e. The van der Waals surface area contributed by atoms with Crippen LogP contribution in [0.15, 0.2) is 24.5 Å². The number of aromatic nitrogens is 1. The van der Waals surface area contributed by atoms with Crippen LogP contribution in [0.4, 0.5) is 0 Å². The molecule has 0 unspecified atom stereocenters. The van der Waals surface area contributed by atoms with Gasteiger partial charge in [0.25, 0.3) is 0 Å². The minimum atomic E-state index is 0. The Balaban J connectivity index is 0.000001000. The third-order valence-electron chi connectivity index (χ3n) is 1.33. The van der Waals surface area contributed by atoms with E-state index in [2.05, 4.69) is 17.2 Å². The van der Waals surface area contributed by atoms with Gasteiger partial charge < -0.3 is 5.32 Å². The zero-order valence-electron chi connectivity index (χ0n) is 6.17. The van der Waals surface area contributed by atoms with Gasteiger partial charge in [-0.25, -0.2) is 0 Å². The van der Waals surface area contributed by atoms with Gasteiger partial charge in [0.05, 0.1) is 0 Å². The van der Waals surface area contributed by atoms with E-state index in [0.717, 1.165) is 13.1 Å². The van der Waals surface area contributed by atoms with Crippen molar-refractivity contribution in [1.29, 1.82) is 0 Å². The second kappa shape index (κ2) is 4.01. The second-order valence-electron chi connectivity index (χ2n) is 2.14. The van der Waals surface area contributed by atoms with Gasteiger partial charge in [0.2, 0.25) is 0 Å². The minimum Gasteiger partial charge on any atom is -0.313 e. The van der Waals surface area contributed by atoms with Crippen LogP contribution in [-0.2, 0) is 6.54 Å². The van der Waals surface area contributed by atoms with Gasteiger partial charge in [-0.2, -0.15) is 0 Å².